The maximum Gasteiger partial charge on any atom is 0.230 e. The standard InChI is InChI=1S/C12H18N2O2S/c1-10(7-15)6-14-12(16)9-17-8-11-4-2-3-5-13-11/h2-5,10,15H,6-9H2,1H3,(H,14,16). The van der Waals surface area contributed by atoms with Crippen LogP contribution in [0, 0.1) is 5.92 Å². The van der Waals surface area contributed by atoms with Gasteiger partial charge in [0.05, 0.1) is 11.4 Å². The van der Waals surface area contributed by atoms with Gasteiger partial charge in [0.1, 0.15) is 0 Å². The maximum absolute atomic E-state index is 11.4. The summed E-state index contributed by atoms with van der Waals surface area (Å²) < 4.78 is 0. The number of hydrogen-bond donors (Lipinski definition) is 2. The number of nitrogens with one attached hydrogen (secondary N) is 1. The Morgan fingerprint density at radius 2 is 2.41 bits per heavy atom. The molecule has 0 aliphatic carbocycles. The summed E-state index contributed by atoms with van der Waals surface area (Å²) in [5.74, 6) is 1.28. The summed E-state index contributed by atoms with van der Waals surface area (Å²) in [5.41, 5.74) is 0.981. The molecule has 0 saturated carbocycles. The molecule has 1 atom stereocenters. The molecule has 17 heavy (non-hydrogen) atoms. The van der Waals surface area contributed by atoms with E-state index in [1.807, 2.05) is 25.1 Å². The van der Waals surface area contributed by atoms with Gasteiger partial charge < -0.3 is 10.4 Å². The van der Waals surface area contributed by atoms with E-state index in [2.05, 4.69) is 10.3 Å². The van der Waals surface area contributed by atoms with Crippen LogP contribution in [-0.2, 0) is 10.5 Å². The molecule has 1 unspecified atom stereocenters. The fourth-order valence-electron chi connectivity index (χ4n) is 1.14. The second-order valence-corrected chi connectivity index (χ2v) is 4.89. The summed E-state index contributed by atoms with van der Waals surface area (Å²) in [4.78, 5) is 15.6. The molecule has 94 valence electrons. The van der Waals surface area contributed by atoms with E-state index in [1.54, 1.807) is 6.20 Å². The van der Waals surface area contributed by atoms with Gasteiger partial charge in [-0.2, -0.15) is 0 Å². The fourth-order valence-corrected chi connectivity index (χ4v) is 1.90. The quantitative estimate of drug-likeness (QED) is 0.764. The van der Waals surface area contributed by atoms with Gasteiger partial charge in [-0.3, -0.25) is 9.78 Å². The Hall–Kier alpha value is -1.07. The minimum atomic E-state index is 0.00577. The molecule has 0 bridgehead atoms. The highest BCUT2D eigenvalue weighted by molar-refractivity contribution is 7.99. The third-order valence-corrected chi connectivity index (χ3v) is 3.13. The van der Waals surface area contributed by atoms with Crippen LogP contribution in [0.5, 0.6) is 0 Å². The second-order valence-electron chi connectivity index (χ2n) is 3.91. The lowest BCUT2D eigenvalue weighted by atomic mass is 10.2. The topological polar surface area (TPSA) is 62.2 Å². The van der Waals surface area contributed by atoms with Crippen molar-refractivity contribution in [3.05, 3.63) is 30.1 Å². The minimum absolute atomic E-state index is 0.00577. The smallest absolute Gasteiger partial charge is 0.230 e. The molecule has 2 N–H and O–H groups in total. The lowest BCUT2D eigenvalue weighted by Gasteiger charge is -2.09. The molecule has 1 aromatic heterocycles. The van der Waals surface area contributed by atoms with Crippen LogP contribution in [0.2, 0.25) is 0 Å². The Bertz CT molecular complexity index is 333. The number of carbonyl (C=O) groups is 1. The van der Waals surface area contributed by atoms with E-state index < -0.39 is 0 Å². The van der Waals surface area contributed by atoms with Crippen LogP contribution in [0.4, 0.5) is 0 Å². The molecular formula is C12H18N2O2S. The third-order valence-electron chi connectivity index (χ3n) is 2.17. The van der Waals surface area contributed by atoms with Gasteiger partial charge in [0.2, 0.25) is 5.91 Å². The van der Waals surface area contributed by atoms with Gasteiger partial charge in [-0.15, -0.1) is 11.8 Å². The number of aromatic nitrogens is 1. The largest absolute Gasteiger partial charge is 0.396 e. The number of rotatable bonds is 7. The van der Waals surface area contributed by atoms with Crippen molar-refractivity contribution in [1.29, 1.82) is 0 Å². The fraction of sp³-hybridized carbons (Fsp3) is 0.500. The molecule has 0 saturated heterocycles. The van der Waals surface area contributed by atoms with Gasteiger partial charge in [0.25, 0.3) is 0 Å². The third kappa shape index (κ3) is 6.28. The predicted molar refractivity (Wildman–Crippen MR) is 69.7 cm³/mol. The molecule has 1 rings (SSSR count). The highest BCUT2D eigenvalue weighted by Gasteiger charge is 2.04. The van der Waals surface area contributed by atoms with Crippen LogP contribution in [0.25, 0.3) is 0 Å². The molecule has 0 aromatic carbocycles. The molecule has 0 radical (unpaired) electrons. The summed E-state index contributed by atoms with van der Waals surface area (Å²) in [5, 5.41) is 11.6. The maximum atomic E-state index is 11.4. The highest BCUT2D eigenvalue weighted by Crippen LogP contribution is 2.08. The van der Waals surface area contributed by atoms with Crippen molar-refractivity contribution in [2.45, 2.75) is 12.7 Å². The first-order chi connectivity index (χ1) is 8.22. The van der Waals surface area contributed by atoms with Crippen LogP contribution < -0.4 is 5.32 Å². The van der Waals surface area contributed by atoms with E-state index in [4.69, 9.17) is 5.11 Å². The van der Waals surface area contributed by atoms with Crippen LogP contribution in [-0.4, -0.2) is 34.9 Å². The first-order valence-corrected chi connectivity index (χ1v) is 6.73. The molecule has 0 fully saturated rings. The Morgan fingerprint density at radius 3 is 3.06 bits per heavy atom. The lowest BCUT2D eigenvalue weighted by Crippen LogP contribution is -2.30. The number of thioether (sulfide) groups is 1. The Labute approximate surface area is 106 Å². The zero-order valence-corrected chi connectivity index (χ0v) is 10.7. The molecule has 0 spiro atoms. The Kier molecular flexibility index (Phi) is 6.65. The van der Waals surface area contributed by atoms with Crippen molar-refractivity contribution in [3.8, 4) is 0 Å². The number of hydrogen-bond acceptors (Lipinski definition) is 4. The second kappa shape index (κ2) is 8.08. The van der Waals surface area contributed by atoms with E-state index in [1.165, 1.54) is 11.8 Å². The van der Waals surface area contributed by atoms with Gasteiger partial charge in [0.15, 0.2) is 0 Å². The SMILES string of the molecule is CC(CO)CNC(=O)CSCc1ccccn1. The van der Waals surface area contributed by atoms with Crippen molar-refractivity contribution in [2.75, 3.05) is 18.9 Å². The van der Waals surface area contributed by atoms with E-state index >= 15 is 0 Å². The summed E-state index contributed by atoms with van der Waals surface area (Å²) in [6.07, 6.45) is 1.75. The van der Waals surface area contributed by atoms with Crippen LogP contribution >= 0.6 is 11.8 Å². The predicted octanol–water partition coefficient (Wildman–Crippen LogP) is 1.06. The van der Waals surface area contributed by atoms with Gasteiger partial charge >= 0.3 is 0 Å². The summed E-state index contributed by atoms with van der Waals surface area (Å²) in [7, 11) is 0. The first-order valence-electron chi connectivity index (χ1n) is 5.57. The average molecular weight is 254 g/mol. The molecule has 4 nitrogen and oxygen atoms in total. The molecular weight excluding hydrogens is 236 g/mol. The van der Waals surface area contributed by atoms with Crippen molar-refractivity contribution in [2.24, 2.45) is 5.92 Å². The minimum Gasteiger partial charge on any atom is -0.396 e. The lowest BCUT2D eigenvalue weighted by molar-refractivity contribution is -0.118. The number of nitrogens with zero attached hydrogens (tertiary/aromatic N) is 1. The van der Waals surface area contributed by atoms with Crippen molar-refractivity contribution < 1.29 is 9.90 Å². The number of amides is 1. The average Bonchev–Trinajstić information content (AvgIpc) is 2.37. The first kappa shape index (κ1) is 14.0. The van der Waals surface area contributed by atoms with E-state index in [-0.39, 0.29) is 18.4 Å². The van der Waals surface area contributed by atoms with Crippen LogP contribution in [0.3, 0.4) is 0 Å². The van der Waals surface area contributed by atoms with Crippen LogP contribution in [0.15, 0.2) is 24.4 Å². The Balaban J connectivity index is 2.12. The van der Waals surface area contributed by atoms with E-state index in [0.29, 0.717) is 12.3 Å². The zero-order chi connectivity index (χ0) is 12.5. The van der Waals surface area contributed by atoms with Gasteiger partial charge in [-0.25, -0.2) is 0 Å². The van der Waals surface area contributed by atoms with Gasteiger partial charge in [-0.1, -0.05) is 13.0 Å². The molecule has 1 heterocycles. The van der Waals surface area contributed by atoms with Gasteiger partial charge in [-0.05, 0) is 18.1 Å². The number of aliphatic hydroxyl groups is 1. The van der Waals surface area contributed by atoms with Gasteiger partial charge in [0, 0.05) is 25.1 Å². The number of carbonyl (C=O) groups excluding carboxylic acids is 1. The van der Waals surface area contributed by atoms with Crippen molar-refractivity contribution in [3.63, 3.8) is 0 Å². The summed E-state index contributed by atoms with van der Waals surface area (Å²) in [6.45, 7) is 2.52. The van der Waals surface area contributed by atoms with Crippen LogP contribution in [0.1, 0.15) is 12.6 Å². The normalized spacial score (nSPS) is 12.1. The zero-order valence-electron chi connectivity index (χ0n) is 9.93. The summed E-state index contributed by atoms with van der Waals surface area (Å²) >= 11 is 1.54. The molecule has 0 aliphatic rings. The monoisotopic (exact) mass is 254 g/mol. The number of pyridine rings is 1. The highest BCUT2D eigenvalue weighted by atomic mass is 32.2. The number of aliphatic hydroxyl groups excluding tert-OH is 1. The molecule has 5 heteroatoms. The van der Waals surface area contributed by atoms with E-state index in [9.17, 15) is 4.79 Å². The van der Waals surface area contributed by atoms with Crippen molar-refractivity contribution >= 4 is 17.7 Å². The Morgan fingerprint density at radius 1 is 1.59 bits per heavy atom. The molecule has 1 amide bonds. The van der Waals surface area contributed by atoms with Crippen molar-refractivity contribution in [1.82, 2.24) is 10.3 Å². The molecule has 0 aliphatic heterocycles. The summed E-state index contributed by atoms with van der Waals surface area (Å²) in [6, 6.07) is 5.75. The van der Waals surface area contributed by atoms with E-state index in [0.717, 1.165) is 11.4 Å². The molecule has 1 aromatic rings.